The molecule has 2 aromatic heterocycles. The van der Waals surface area contributed by atoms with Crippen molar-refractivity contribution in [3.05, 3.63) is 180 Å². The minimum Gasteiger partial charge on any atom is -0.308 e. The van der Waals surface area contributed by atoms with Crippen molar-refractivity contribution in [3.8, 4) is 62.1 Å². The van der Waals surface area contributed by atoms with E-state index in [0.717, 1.165) is 50.2 Å². The lowest BCUT2D eigenvalue weighted by Crippen LogP contribution is -2.04. The smallest absolute Gasteiger partial charge is 0.166 e. The number of rotatable bonds is 6. The Hall–Kier alpha value is -6.79. The van der Waals surface area contributed by atoms with Crippen LogP contribution in [0.1, 0.15) is 16.7 Å². The Kier molecular flexibility index (Phi) is 8.16. The molecule has 0 spiro atoms. The van der Waals surface area contributed by atoms with Crippen molar-refractivity contribution in [3.63, 3.8) is 0 Å². The largest absolute Gasteiger partial charge is 0.308 e. The highest BCUT2D eigenvalue weighted by Gasteiger charge is 2.22. The van der Waals surface area contributed by atoms with Gasteiger partial charge in [0.2, 0.25) is 0 Å². The van der Waals surface area contributed by atoms with Gasteiger partial charge < -0.3 is 4.57 Å². The third-order valence-electron chi connectivity index (χ3n) is 10.1. The molecule has 0 amide bonds. The summed E-state index contributed by atoms with van der Waals surface area (Å²) < 4.78 is 32.4. The quantitative estimate of drug-likeness (QED) is 0.173. The summed E-state index contributed by atoms with van der Waals surface area (Å²) in [7, 11) is 0. The van der Waals surface area contributed by atoms with Crippen LogP contribution in [0.3, 0.4) is 0 Å². The van der Waals surface area contributed by atoms with Crippen molar-refractivity contribution in [2.45, 2.75) is 20.8 Å². The van der Waals surface area contributed by atoms with E-state index in [-0.39, 0.29) is 5.56 Å². The van der Waals surface area contributed by atoms with Gasteiger partial charge in [0.1, 0.15) is 0 Å². The van der Waals surface area contributed by atoms with Crippen LogP contribution in [0.2, 0.25) is 0 Å². The first-order chi connectivity index (χ1) is 26.3. The molecule has 9 aromatic rings. The maximum atomic E-state index is 15.5. The number of aryl methyl sites for hydroxylation is 3. The number of aromatic nitrogens is 4. The first-order valence-electron chi connectivity index (χ1n) is 17.9. The Morgan fingerprint density at radius 3 is 1.72 bits per heavy atom. The molecule has 0 fully saturated rings. The third kappa shape index (κ3) is 5.73. The second-order valence-electron chi connectivity index (χ2n) is 13.7. The summed E-state index contributed by atoms with van der Waals surface area (Å²) in [5, 5.41) is 2.18. The van der Waals surface area contributed by atoms with Crippen molar-refractivity contribution in [1.29, 1.82) is 0 Å². The number of halogens is 2. The normalized spacial score (nSPS) is 11.4. The van der Waals surface area contributed by atoms with Gasteiger partial charge in [0, 0.05) is 33.0 Å². The molecule has 0 aliphatic carbocycles. The SMILES string of the molecule is Cc1cc(C)c(-c2ccc3c4ccccc4n(-c4ccc(-c5cccc(F)c5F)cc4-c4nc(-c5ccccc5)nc(-c5ccccc5)n4)c3c2)c(C)c1. The summed E-state index contributed by atoms with van der Waals surface area (Å²) in [5.74, 6) is -0.409. The van der Waals surface area contributed by atoms with E-state index in [1.807, 2.05) is 84.9 Å². The Morgan fingerprint density at radius 2 is 1.04 bits per heavy atom. The molecule has 0 N–H and O–H groups in total. The van der Waals surface area contributed by atoms with Crippen molar-refractivity contribution in [2.24, 2.45) is 0 Å². The van der Waals surface area contributed by atoms with Crippen molar-refractivity contribution >= 4 is 21.8 Å². The highest BCUT2D eigenvalue weighted by molar-refractivity contribution is 6.11. The third-order valence-corrected chi connectivity index (χ3v) is 10.1. The van der Waals surface area contributed by atoms with Crippen LogP contribution in [0, 0.1) is 32.4 Å². The number of fused-ring (bicyclic) bond motifs is 3. The Bertz CT molecular complexity index is 2800. The lowest BCUT2D eigenvalue weighted by molar-refractivity contribution is 0.511. The highest BCUT2D eigenvalue weighted by Crippen LogP contribution is 2.40. The summed E-state index contributed by atoms with van der Waals surface area (Å²) in [4.78, 5) is 15.1. The van der Waals surface area contributed by atoms with Crippen molar-refractivity contribution in [2.75, 3.05) is 0 Å². The van der Waals surface area contributed by atoms with E-state index in [0.29, 0.717) is 28.6 Å². The molecule has 0 saturated heterocycles. The fraction of sp³-hybridized carbons (Fsp3) is 0.0625. The van der Waals surface area contributed by atoms with Crippen LogP contribution in [0.5, 0.6) is 0 Å². The fourth-order valence-corrected chi connectivity index (χ4v) is 7.75. The maximum absolute atomic E-state index is 15.5. The van der Waals surface area contributed by atoms with Crippen LogP contribution in [-0.2, 0) is 0 Å². The summed E-state index contributed by atoms with van der Waals surface area (Å²) in [6.07, 6.45) is 0. The number of hydrogen-bond acceptors (Lipinski definition) is 3. The zero-order chi connectivity index (χ0) is 36.9. The fourth-order valence-electron chi connectivity index (χ4n) is 7.75. The molecule has 54 heavy (non-hydrogen) atoms. The van der Waals surface area contributed by atoms with Crippen LogP contribution in [0.25, 0.3) is 83.9 Å². The minimum atomic E-state index is -0.910. The van der Waals surface area contributed by atoms with E-state index in [9.17, 15) is 4.39 Å². The molecular weight excluding hydrogens is 671 g/mol. The lowest BCUT2D eigenvalue weighted by atomic mass is 9.93. The zero-order valence-electron chi connectivity index (χ0n) is 30.0. The average molecular weight is 705 g/mol. The second-order valence-corrected chi connectivity index (χ2v) is 13.7. The molecule has 4 nitrogen and oxygen atoms in total. The van der Waals surface area contributed by atoms with E-state index in [4.69, 9.17) is 15.0 Å². The summed E-state index contributed by atoms with van der Waals surface area (Å²) in [6.45, 7) is 6.44. The van der Waals surface area contributed by atoms with Crippen molar-refractivity contribution in [1.82, 2.24) is 19.5 Å². The van der Waals surface area contributed by atoms with E-state index in [1.54, 1.807) is 6.07 Å². The summed E-state index contributed by atoms with van der Waals surface area (Å²) in [6, 6.07) is 48.9. The van der Waals surface area contributed by atoms with Crippen LogP contribution in [0.15, 0.2) is 152 Å². The monoisotopic (exact) mass is 704 g/mol. The molecule has 260 valence electrons. The van der Waals surface area contributed by atoms with Gasteiger partial charge in [0.25, 0.3) is 0 Å². The Morgan fingerprint density at radius 1 is 0.444 bits per heavy atom. The van der Waals surface area contributed by atoms with Gasteiger partial charge in [0.05, 0.1) is 16.7 Å². The van der Waals surface area contributed by atoms with Crippen LogP contribution in [-0.4, -0.2) is 19.5 Å². The molecule has 6 heteroatoms. The molecule has 0 atom stereocenters. The topological polar surface area (TPSA) is 43.6 Å². The van der Waals surface area contributed by atoms with E-state index < -0.39 is 11.6 Å². The number of hydrogen-bond donors (Lipinski definition) is 0. The van der Waals surface area contributed by atoms with Crippen LogP contribution >= 0.6 is 0 Å². The standard InChI is InChI=1S/C48H34F2N4/c1-29-25-30(2)44(31(3)26-29)35-21-23-38-37-17-10-11-20-41(37)54(43(38)28-35)42-24-22-34(36-18-12-19-40(49)45(36)50)27-39(42)48-52-46(32-13-6-4-7-14-32)51-47(53-48)33-15-8-5-9-16-33/h4-28H,1-3H3. The van der Waals surface area contributed by atoms with Crippen LogP contribution < -0.4 is 0 Å². The lowest BCUT2D eigenvalue weighted by Gasteiger charge is -2.17. The Balaban J connectivity index is 1.37. The van der Waals surface area contributed by atoms with Gasteiger partial charge in [-0.15, -0.1) is 0 Å². The molecule has 0 unspecified atom stereocenters. The molecule has 0 saturated carbocycles. The van der Waals surface area contributed by atoms with Gasteiger partial charge in [0.15, 0.2) is 29.1 Å². The van der Waals surface area contributed by atoms with Gasteiger partial charge in [-0.2, -0.15) is 0 Å². The minimum absolute atomic E-state index is 0.151. The molecule has 0 aliphatic rings. The predicted octanol–water partition coefficient (Wildman–Crippen LogP) is 12.5. The zero-order valence-corrected chi connectivity index (χ0v) is 30.0. The molecule has 0 radical (unpaired) electrons. The average Bonchev–Trinajstić information content (AvgIpc) is 3.52. The second kappa shape index (κ2) is 13.3. The van der Waals surface area contributed by atoms with E-state index in [1.165, 1.54) is 28.3 Å². The molecule has 2 heterocycles. The Labute approximate surface area is 312 Å². The van der Waals surface area contributed by atoms with E-state index >= 15 is 4.39 Å². The first kappa shape index (κ1) is 33.1. The number of nitrogens with zero attached hydrogens (tertiary/aromatic N) is 4. The summed E-state index contributed by atoms with van der Waals surface area (Å²) in [5.41, 5.74) is 11.7. The molecular formula is C48H34F2N4. The highest BCUT2D eigenvalue weighted by atomic mass is 19.2. The van der Waals surface area contributed by atoms with Gasteiger partial charge >= 0.3 is 0 Å². The van der Waals surface area contributed by atoms with Crippen LogP contribution in [0.4, 0.5) is 8.78 Å². The summed E-state index contributed by atoms with van der Waals surface area (Å²) >= 11 is 0. The van der Waals surface area contributed by atoms with E-state index in [2.05, 4.69) is 73.9 Å². The van der Waals surface area contributed by atoms with Gasteiger partial charge in [-0.25, -0.2) is 23.7 Å². The number of benzene rings is 7. The number of para-hydroxylation sites is 1. The van der Waals surface area contributed by atoms with Gasteiger partial charge in [-0.05, 0) is 78.9 Å². The van der Waals surface area contributed by atoms with Gasteiger partial charge in [-0.1, -0.05) is 127 Å². The predicted molar refractivity (Wildman–Crippen MR) is 215 cm³/mol. The first-order valence-corrected chi connectivity index (χ1v) is 17.9. The maximum Gasteiger partial charge on any atom is 0.166 e. The molecule has 0 bridgehead atoms. The molecule has 9 rings (SSSR count). The molecule has 7 aromatic carbocycles. The molecule has 0 aliphatic heterocycles. The van der Waals surface area contributed by atoms with Gasteiger partial charge in [-0.3, -0.25) is 0 Å². The van der Waals surface area contributed by atoms with Crippen molar-refractivity contribution < 1.29 is 8.78 Å².